The molecule has 0 radical (unpaired) electrons. The van der Waals surface area contributed by atoms with Crippen molar-refractivity contribution in [2.45, 2.75) is 75.7 Å². The van der Waals surface area contributed by atoms with Crippen molar-refractivity contribution in [2.75, 3.05) is 39.3 Å². The summed E-state index contributed by atoms with van der Waals surface area (Å²) in [5.41, 5.74) is 2.07. The maximum atomic E-state index is 14.9. The zero-order valence-electron chi connectivity index (χ0n) is 24.3. The second-order valence-electron chi connectivity index (χ2n) is 13.5. The molecule has 2 amide bonds. The minimum Gasteiger partial charge on any atom is -0.342 e. The lowest BCUT2D eigenvalue weighted by atomic mass is 9.80. The minimum absolute atomic E-state index is 0.0480. The van der Waals surface area contributed by atoms with E-state index in [0.717, 1.165) is 56.8 Å². The van der Waals surface area contributed by atoms with Gasteiger partial charge >= 0.3 is 0 Å². The molecule has 0 aromatic heterocycles. The molecule has 4 aliphatic rings. The highest BCUT2D eigenvalue weighted by Gasteiger charge is 2.55. The van der Waals surface area contributed by atoms with Crippen LogP contribution in [0.15, 0.2) is 36.4 Å². The van der Waals surface area contributed by atoms with E-state index in [1.54, 1.807) is 0 Å². The highest BCUT2D eigenvalue weighted by molar-refractivity contribution is 6.30. The fraction of sp³-hybridized carbons (Fsp3) is 0.576. The first kappa shape index (κ1) is 28.6. The van der Waals surface area contributed by atoms with Crippen molar-refractivity contribution in [2.24, 2.45) is 5.92 Å². The van der Waals surface area contributed by atoms with Crippen LogP contribution in [0.25, 0.3) is 0 Å². The van der Waals surface area contributed by atoms with Gasteiger partial charge in [-0.25, -0.2) is 8.78 Å². The first-order chi connectivity index (χ1) is 19.5. The zero-order chi connectivity index (χ0) is 29.1. The molecule has 3 saturated heterocycles. The minimum atomic E-state index is -0.608. The van der Waals surface area contributed by atoms with E-state index in [1.165, 1.54) is 17.7 Å². The number of halogens is 3. The second kappa shape index (κ2) is 10.6. The normalized spacial score (nSPS) is 24.8. The Morgan fingerprint density at radius 1 is 0.902 bits per heavy atom. The Morgan fingerprint density at radius 2 is 1.59 bits per heavy atom. The Hall–Kier alpha value is -2.51. The molecule has 0 spiro atoms. The molecule has 1 saturated carbocycles. The van der Waals surface area contributed by atoms with Gasteiger partial charge in [-0.15, -0.1) is 0 Å². The molecule has 3 aliphatic heterocycles. The number of carbonyl (C=O) groups is 2. The number of hydrogen-bond acceptors (Lipinski definition) is 3. The average molecular weight is 584 g/mol. The van der Waals surface area contributed by atoms with Gasteiger partial charge in [0.25, 0.3) is 0 Å². The molecular weight excluding hydrogens is 544 g/mol. The summed E-state index contributed by atoms with van der Waals surface area (Å²) in [5.74, 6) is -1.38. The molecule has 2 atom stereocenters. The van der Waals surface area contributed by atoms with Crippen molar-refractivity contribution in [3.8, 4) is 0 Å². The maximum absolute atomic E-state index is 14.9. The summed E-state index contributed by atoms with van der Waals surface area (Å²) < 4.78 is 28.6. The third-order valence-corrected chi connectivity index (χ3v) is 10.3. The Morgan fingerprint density at radius 3 is 2.17 bits per heavy atom. The van der Waals surface area contributed by atoms with Gasteiger partial charge in [-0.3, -0.25) is 14.5 Å². The summed E-state index contributed by atoms with van der Waals surface area (Å²) in [5, 5.41) is 0.655. The third kappa shape index (κ3) is 5.29. The number of nitrogens with zero attached hydrogens (tertiary/aromatic N) is 3. The molecule has 4 fully saturated rings. The van der Waals surface area contributed by atoms with E-state index in [4.69, 9.17) is 11.6 Å². The molecule has 0 bridgehead atoms. The molecule has 6 rings (SSSR count). The summed E-state index contributed by atoms with van der Waals surface area (Å²) in [7, 11) is 0. The lowest BCUT2D eigenvalue weighted by Gasteiger charge is -2.38. The SMILES string of the molecule is CC(C)(C)N1CC(C(=O)N2CCC(c3ccc(Cl)cc3C3(C(=O)N4CCC4)CC3)CC2)C(c2ccc(F)cc2F)C1. The monoisotopic (exact) mass is 583 g/mol. The lowest BCUT2D eigenvalue weighted by molar-refractivity contribution is -0.137. The topological polar surface area (TPSA) is 43.9 Å². The largest absolute Gasteiger partial charge is 0.342 e. The van der Waals surface area contributed by atoms with Crippen molar-refractivity contribution >= 4 is 23.4 Å². The number of amides is 2. The summed E-state index contributed by atoms with van der Waals surface area (Å²) in [6.45, 7) is 10.3. The first-order valence-corrected chi connectivity index (χ1v) is 15.4. The van der Waals surface area contributed by atoms with Crippen LogP contribution in [-0.2, 0) is 15.0 Å². The molecule has 1 aliphatic carbocycles. The predicted molar refractivity (Wildman–Crippen MR) is 156 cm³/mol. The second-order valence-corrected chi connectivity index (χ2v) is 14.0. The van der Waals surface area contributed by atoms with E-state index in [2.05, 4.69) is 31.7 Å². The summed E-state index contributed by atoms with van der Waals surface area (Å²) >= 11 is 6.46. The van der Waals surface area contributed by atoms with Crippen molar-refractivity contribution < 1.29 is 18.4 Å². The van der Waals surface area contributed by atoms with Gasteiger partial charge < -0.3 is 9.80 Å². The number of piperidine rings is 1. The van der Waals surface area contributed by atoms with Crippen LogP contribution in [0.2, 0.25) is 5.02 Å². The number of likely N-dealkylation sites (tertiary alicyclic amines) is 3. The molecule has 2 aromatic carbocycles. The van der Waals surface area contributed by atoms with Crippen molar-refractivity contribution in [1.29, 1.82) is 0 Å². The van der Waals surface area contributed by atoms with E-state index in [0.29, 0.717) is 36.8 Å². The van der Waals surface area contributed by atoms with Gasteiger partial charge in [0, 0.05) is 61.8 Å². The van der Waals surface area contributed by atoms with E-state index in [9.17, 15) is 18.4 Å². The number of carbonyl (C=O) groups excluding carboxylic acids is 2. The van der Waals surface area contributed by atoms with Gasteiger partial charge in [0.1, 0.15) is 11.6 Å². The smallest absolute Gasteiger partial charge is 0.233 e. The van der Waals surface area contributed by atoms with Crippen molar-refractivity contribution in [3.05, 3.63) is 69.7 Å². The molecule has 5 nitrogen and oxygen atoms in total. The van der Waals surface area contributed by atoms with E-state index < -0.39 is 17.0 Å². The van der Waals surface area contributed by atoms with Gasteiger partial charge in [0.15, 0.2) is 0 Å². The summed E-state index contributed by atoms with van der Waals surface area (Å²) in [4.78, 5) is 33.6. The number of benzene rings is 2. The van der Waals surface area contributed by atoms with E-state index in [-0.39, 0.29) is 35.1 Å². The zero-order valence-corrected chi connectivity index (χ0v) is 25.0. The highest BCUT2D eigenvalue weighted by atomic mass is 35.5. The molecule has 41 heavy (non-hydrogen) atoms. The van der Waals surface area contributed by atoms with Crippen LogP contribution in [0.1, 0.15) is 81.4 Å². The van der Waals surface area contributed by atoms with Gasteiger partial charge in [-0.05, 0) is 93.7 Å². The quantitative estimate of drug-likeness (QED) is 0.427. The lowest BCUT2D eigenvalue weighted by Crippen LogP contribution is -2.47. The van der Waals surface area contributed by atoms with Gasteiger partial charge in [-0.1, -0.05) is 23.7 Å². The Balaban J connectivity index is 1.20. The molecule has 220 valence electrons. The van der Waals surface area contributed by atoms with Crippen LogP contribution in [0, 0.1) is 17.6 Å². The fourth-order valence-electron chi connectivity index (χ4n) is 7.21. The average Bonchev–Trinajstić information content (AvgIpc) is 3.59. The molecule has 2 unspecified atom stereocenters. The Kier molecular flexibility index (Phi) is 7.42. The number of rotatable bonds is 5. The van der Waals surface area contributed by atoms with E-state index >= 15 is 0 Å². The molecular formula is C33H40ClF2N3O2. The molecule has 3 heterocycles. The van der Waals surface area contributed by atoms with Crippen molar-refractivity contribution in [1.82, 2.24) is 14.7 Å². The van der Waals surface area contributed by atoms with Crippen LogP contribution in [0.4, 0.5) is 8.78 Å². The molecule has 0 N–H and O–H groups in total. The fourth-order valence-corrected chi connectivity index (χ4v) is 7.38. The van der Waals surface area contributed by atoms with Gasteiger partial charge in [0.05, 0.1) is 11.3 Å². The van der Waals surface area contributed by atoms with Crippen LogP contribution < -0.4 is 0 Å². The van der Waals surface area contributed by atoms with Gasteiger partial charge in [0.2, 0.25) is 11.8 Å². The first-order valence-electron chi connectivity index (χ1n) is 15.1. The molecule has 2 aromatic rings. The predicted octanol–water partition coefficient (Wildman–Crippen LogP) is 6.10. The Bertz CT molecular complexity index is 1340. The van der Waals surface area contributed by atoms with Crippen LogP contribution in [0.5, 0.6) is 0 Å². The summed E-state index contributed by atoms with van der Waals surface area (Å²) in [6, 6.07) is 9.73. The molecule has 8 heteroatoms. The van der Waals surface area contributed by atoms with E-state index in [1.807, 2.05) is 21.9 Å². The Labute approximate surface area is 246 Å². The van der Waals surface area contributed by atoms with Gasteiger partial charge in [-0.2, -0.15) is 0 Å². The van der Waals surface area contributed by atoms with Crippen LogP contribution in [-0.4, -0.2) is 71.3 Å². The highest BCUT2D eigenvalue weighted by Crippen LogP contribution is 2.53. The standard InChI is InChI=1S/C33H40ClF2N3O2/c1-32(2,3)39-19-26(25-8-6-23(35)18-29(25)36)27(20-39)30(40)37-15-9-21(10-16-37)24-7-5-22(34)17-28(24)33(11-12-33)31(41)38-13-4-14-38/h5-8,17-18,21,26-27H,4,9-16,19-20H2,1-3H3. The maximum Gasteiger partial charge on any atom is 0.233 e. The summed E-state index contributed by atoms with van der Waals surface area (Å²) in [6.07, 6.45) is 4.40. The van der Waals surface area contributed by atoms with Crippen LogP contribution in [0.3, 0.4) is 0 Å². The number of hydrogen-bond donors (Lipinski definition) is 0. The van der Waals surface area contributed by atoms with Crippen molar-refractivity contribution in [3.63, 3.8) is 0 Å². The third-order valence-electron chi connectivity index (χ3n) is 10.0. The van der Waals surface area contributed by atoms with Crippen LogP contribution >= 0.6 is 11.6 Å².